The zero-order valence-electron chi connectivity index (χ0n) is 1.91. The number of halogens is 2. The van der Waals surface area contributed by atoms with Crippen LogP contribution in [0.25, 0.3) is 0 Å². The first-order valence-corrected chi connectivity index (χ1v) is 4.23. The predicted molar refractivity (Wildman–Crippen MR) is 24.0 cm³/mol. The average Bonchev–Trinajstić information content (AvgIpc) is 0.811. The second kappa shape index (κ2) is 2.69. The van der Waals surface area contributed by atoms with Crippen LogP contribution < -0.4 is 0 Å². The van der Waals surface area contributed by atoms with Crippen LogP contribution in [0.15, 0.2) is 0 Å². The summed E-state index contributed by atoms with van der Waals surface area (Å²) >= 11 is 10.9. The predicted octanol–water partition coefficient (Wildman–Crippen LogP) is 0.381. The molecule has 0 aromatic carbocycles. The molecule has 0 spiro atoms. The van der Waals surface area contributed by atoms with Gasteiger partial charge >= 0.3 is 50.5 Å². The van der Waals surface area contributed by atoms with E-state index in [9.17, 15) is 0 Å². The van der Waals surface area contributed by atoms with Crippen molar-refractivity contribution in [1.29, 1.82) is 0 Å². The molecule has 0 fully saturated rings. The summed E-state index contributed by atoms with van der Waals surface area (Å²) in [6, 6.07) is 0. The molecule has 0 amide bonds. The van der Waals surface area contributed by atoms with Crippen LogP contribution in [0.3, 0.4) is 0 Å². The van der Waals surface area contributed by atoms with Gasteiger partial charge in [0.05, 0.1) is 0 Å². The zero-order chi connectivity index (χ0) is 3.58. The number of hydrogen-bond donors (Lipinski definition) is 0. The Morgan fingerprint density at radius 2 is 1.50 bits per heavy atom. The van der Waals surface area contributed by atoms with Crippen LogP contribution in [0.5, 0.6) is 0 Å². The molecule has 0 aliphatic rings. The van der Waals surface area contributed by atoms with E-state index in [0.717, 1.165) is 0 Å². The third-order valence-electron chi connectivity index (χ3n) is 0. The van der Waals surface area contributed by atoms with Crippen molar-refractivity contribution >= 4 is 47.9 Å². The normalized spacial score (nSPS) is 9.00. The molecule has 26 valence electrons. The maximum atomic E-state index is 5.11. The Morgan fingerprint density at radius 1 is 1.50 bits per heavy atom. The molecule has 0 bridgehead atoms. The maximum absolute atomic E-state index is 5.11. The molecule has 0 saturated heterocycles. The van der Waals surface area contributed by atoms with Crippen molar-refractivity contribution in [3.05, 3.63) is 0 Å². The van der Waals surface area contributed by atoms with Crippen molar-refractivity contribution in [2.75, 3.05) is 0 Å². The van der Waals surface area contributed by atoms with Crippen LogP contribution in [-0.4, -0.2) is 27.3 Å². The van der Waals surface area contributed by atoms with Crippen molar-refractivity contribution in [2.24, 2.45) is 0 Å². The van der Waals surface area contributed by atoms with Gasteiger partial charge in [0.25, 0.3) is 0 Å². The standard InChI is InChI=1S/CHCl2.Bi.2H/c2-1-3;;;/h1H;;;. The summed E-state index contributed by atoms with van der Waals surface area (Å²) in [5.41, 5.74) is 0. The summed E-state index contributed by atoms with van der Waals surface area (Å²) in [5.74, 6) is 0. The fraction of sp³-hybridized carbons (Fsp3) is 1.00. The summed E-state index contributed by atoms with van der Waals surface area (Å²) in [4.78, 5) is 0. The first-order valence-electron chi connectivity index (χ1n) is 0.770. The number of rotatable bonds is 0. The topological polar surface area (TPSA) is 0 Å². The van der Waals surface area contributed by atoms with Gasteiger partial charge in [-0.05, 0) is 0 Å². The van der Waals surface area contributed by atoms with Gasteiger partial charge < -0.3 is 0 Å². The molecule has 0 heterocycles. The van der Waals surface area contributed by atoms with Gasteiger partial charge in [0, 0.05) is 0 Å². The van der Waals surface area contributed by atoms with Crippen LogP contribution in [-0.2, 0) is 0 Å². The van der Waals surface area contributed by atoms with E-state index in [0.29, 0.717) is 24.7 Å². The van der Waals surface area contributed by atoms with Crippen molar-refractivity contribution < 1.29 is 0 Å². The molecule has 0 N–H and O–H groups in total. The molecule has 0 aromatic rings. The first-order chi connectivity index (χ1) is 1.73. The molecule has 3 heteroatoms. The summed E-state index contributed by atoms with van der Waals surface area (Å²) in [6.07, 6.45) is 0. The van der Waals surface area contributed by atoms with Crippen LogP contribution in [0.4, 0.5) is 0 Å². The Morgan fingerprint density at radius 3 is 1.50 bits per heavy atom. The molecule has 0 radical (unpaired) electrons. The zero-order valence-corrected chi connectivity index (χ0v) is 7.91. The molecule has 0 saturated carbocycles. The molecule has 0 atom stereocenters. The third kappa shape index (κ3) is 9.81. The van der Waals surface area contributed by atoms with Crippen molar-refractivity contribution in [3.8, 4) is 0 Å². The van der Waals surface area contributed by atoms with Gasteiger partial charge in [-0.3, -0.25) is 0 Å². The Labute approximate surface area is 50.3 Å². The quantitative estimate of drug-likeness (QED) is 0.448. The van der Waals surface area contributed by atoms with E-state index in [1.807, 2.05) is 0 Å². The average molecular weight is 295 g/mol. The van der Waals surface area contributed by atoms with E-state index in [-0.39, 0.29) is 2.54 Å². The van der Waals surface area contributed by atoms with E-state index >= 15 is 0 Å². The molecule has 0 aliphatic carbocycles. The Balaban J connectivity index is 2.32. The van der Waals surface area contributed by atoms with Crippen molar-refractivity contribution in [1.82, 2.24) is 0 Å². The van der Waals surface area contributed by atoms with Crippen molar-refractivity contribution in [2.45, 2.75) is 2.54 Å². The Kier molecular flexibility index (Phi) is 3.67. The van der Waals surface area contributed by atoms with E-state index in [4.69, 9.17) is 23.2 Å². The van der Waals surface area contributed by atoms with Gasteiger partial charge in [0.2, 0.25) is 0 Å². The van der Waals surface area contributed by atoms with Gasteiger partial charge in [-0.2, -0.15) is 0 Å². The SMILES string of the molecule is Cl[CH](Cl)[BiH2]. The van der Waals surface area contributed by atoms with Crippen LogP contribution >= 0.6 is 23.2 Å². The van der Waals surface area contributed by atoms with Crippen molar-refractivity contribution in [3.63, 3.8) is 0 Å². The first kappa shape index (κ1) is 5.46. The second-order valence-electron chi connectivity index (χ2n) is 0.334. The van der Waals surface area contributed by atoms with Gasteiger partial charge in [0.15, 0.2) is 0 Å². The third-order valence-corrected chi connectivity index (χ3v) is 0. The minimum atomic E-state index is -0.0556. The molecular weight excluding hydrogens is 292 g/mol. The fourth-order valence-electron chi connectivity index (χ4n) is 0. The molecule has 4 heavy (non-hydrogen) atoms. The molecule has 0 rings (SSSR count). The Bertz CT molecular complexity index is 10.8. The number of hydrogen-bond acceptors (Lipinski definition) is 0. The molecule has 0 aliphatic heterocycles. The summed E-state index contributed by atoms with van der Waals surface area (Å²) in [7, 11) is 0. The minimum absolute atomic E-state index is 0.0556. The fourth-order valence-corrected chi connectivity index (χ4v) is 0. The molecule has 0 aromatic heterocycles. The monoisotopic (exact) mass is 294 g/mol. The van der Waals surface area contributed by atoms with E-state index in [1.54, 1.807) is 0 Å². The molecule has 0 nitrogen and oxygen atoms in total. The van der Waals surface area contributed by atoms with E-state index in [1.165, 1.54) is 0 Å². The van der Waals surface area contributed by atoms with Gasteiger partial charge in [-0.25, -0.2) is 0 Å². The van der Waals surface area contributed by atoms with Gasteiger partial charge in [-0.15, -0.1) is 0 Å². The number of alkyl halides is 2. The summed E-state index contributed by atoms with van der Waals surface area (Å²) < 4.78 is -0.0556. The van der Waals surface area contributed by atoms with Crippen LogP contribution in [0, 0.1) is 0 Å². The Hall–Kier alpha value is 1.46. The summed E-state index contributed by atoms with van der Waals surface area (Å²) in [6.45, 7) is 0. The molecule has 0 unspecified atom stereocenters. The molecular formula is CH3BiCl2. The van der Waals surface area contributed by atoms with Gasteiger partial charge in [0.1, 0.15) is 0 Å². The summed E-state index contributed by atoms with van der Waals surface area (Å²) in [5, 5.41) is 0. The van der Waals surface area contributed by atoms with Gasteiger partial charge in [-0.1, -0.05) is 0 Å². The van der Waals surface area contributed by atoms with Crippen LogP contribution in [0.2, 0.25) is 0 Å². The van der Waals surface area contributed by atoms with Crippen LogP contribution in [0.1, 0.15) is 0 Å². The van der Waals surface area contributed by atoms with E-state index in [2.05, 4.69) is 0 Å². The van der Waals surface area contributed by atoms with E-state index < -0.39 is 0 Å². The second-order valence-corrected chi connectivity index (χ2v) is 7.38.